The van der Waals surface area contributed by atoms with Crippen molar-refractivity contribution in [3.05, 3.63) is 59.9 Å². The van der Waals surface area contributed by atoms with Crippen LogP contribution in [0, 0.1) is 12.7 Å². The maximum atomic E-state index is 13.1. The first-order valence-electron chi connectivity index (χ1n) is 9.01. The average Bonchev–Trinajstić information content (AvgIpc) is 3.33. The number of hydrogen-bond donors (Lipinski definition) is 1. The number of ether oxygens (including phenoxy) is 1. The standard InChI is InChI=1S/C19H16FN7O2/c1-11-6-17(27-19(23-11)21-10-22-27)29-14-8-26(9-14)18(28)16-7-15(24-25-16)12-2-4-13(20)5-3-12/h2-7,10,14H,8-9H2,1H3,(H,24,25). The van der Waals surface area contributed by atoms with Crippen LogP contribution >= 0.6 is 0 Å². The highest BCUT2D eigenvalue weighted by atomic mass is 19.1. The Morgan fingerprint density at radius 2 is 2.03 bits per heavy atom. The van der Waals surface area contributed by atoms with Gasteiger partial charge in [0.2, 0.25) is 5.88 Å². The molecule has 1 amide bonds. The number of benzene rings is 1. The molecule has 0 saturated carbocycles. The van der Waals surface area contributed by atoms with E-state index in [2.05, 4.69) is 25.3 Å². The first kappa shape index (κ1) is 17.3. The fourth-order valence-corrected chi connectivity index (χ4v) is 3.20. The van der Waals surface area contributed by atoms with E-state index < -0.39 is 0 Å². The summed E-state index contributed by atoms with van der Waals surface area (Å²) in [7, 11) is 0. The van der Waals surface area contributed by atoms with E-state index in [1.54, 1.807) is 29.2 Å². The molecule has 1 fully saturated rings. The van der Waals surface area contributed by atoms with Crippen molar-refractivity contribution >= 4 is 11.7 Å². The Hall–Kier alpha value is -3.82. The summed E-state index contributed by atoms with van der Waals surface area (Å²) in [5, 5.41) is 11.0. The van der Waals surface area contributed by atoms with Gasteiger partial charge in [0.05, 0.1) is 18.8 Å². The molecule has 3 aromatic heterocycles. The molecule has 1 aromatic carbocycles. The number of nitrogens with one attached hydrogen (secondary N) is 1. The van der Waals surface area contributed by atoms with Crippen LogP contribution in [0.25, 0.3) is 17.0 Å². The third kappa shape index (κ3) is 3.18. The van der Waals surface area contributed by atoms with E-state index in [1.807, 2.05) is 6.92 Å². The number of carbonyl (C=O) groups excluding carboxylic acids is 1. The van der Waals surface area contributed by atoms with Crippen molar-refractivity contribution in [3.63, 3.8) is 0 Å². The quantitative estimate of drug-likeness (QED) is 0.568. The Labute approximate surface area is 164 Å². The van der Waals surface area contributed by atoms with Crippen molar-refractivity contribution in [1.82, 2.24) is 34.7 Å². The predicted octanol–water partition coefficient (Wildman–Crippen LogP) is 1.87. The number of fused-ring (bicyclic) bond motifs is 1. The van der Waals surface area contributed by atoms with Crippen molar-refractivity contribution in [3.8, 4) is 17.1 Å². The van der Waals surface area contributed by atoms with E-state index in [0.29, 0.717) is 36.1 Å². The van der Waals surface area contributed by atoms with Gasteiger partial charge in [0.25, 0.3) is 11.7 Å². The van der Waals surface area contributed by atoms with Crippen LogP contribution in [0.4, 0.5) is 4.39 Å². The molecule has 1 aliphatic heterocycles. The van der Waals surface area contributed by atoms with E-state index in [4.69, 9.17) is 4.74 Å². The number of nitrogens with zero attached hydrogens (tertiary/aromatic N) is 6. The number of aromatic amines is 1. The van der Waals surface area contributed by atoms with Crippen LogP contribution in [-0.2, 0) is 0 Å². The lowest BCUT2D eigenvalue weighted by Gasteiger charge is -2.38. The Balaban J connectivity index is 1.24. The normalized spacial score (nSPS) is 14.2. The SMILES string of the molecule is Cc1cc(OC2CN(C(=O)c3cc(-c4ccc(F)cc4)n[nH]3)C2)n2ncnc2n1. The zero-order valence-corrected chi connectivity index (χ0v) is 15.4. The smallest absolute Gasteiger partial charge is 0.272 e. The molecule has 0 aliphatic carbocycles. The van der Waals surface area contributed by atoms with Crippen LogP contribution in [-0.4, -0.2) is 59.8 Å². The van der Waals surface area contributed by atoms with Gasteiger partial charge < -0.3 is 9.64 Å². The van der Waals surface area contributed by atoms with E-state index in [-0.39, 0.29) is 17.8 Å². The Morgan fingerprint density at radius 3 is 2.83 bits per heavy atom. The van der Waals surface area contributed by atoms with Crippen LogP contribution in [0.5, 0.6) is 5.88 Å². The molecule has 4 aromatic rings. The van der Waals surface area contributed by atoms with Crippen molar-refractivity contribution in [2.75, 3.05) is 13.1 Å². The lowest BCUT2D eigenvalue weighted by molar-refractivity contribution is 0.0146. The minimum Gasteiger partial charge on any atom is -0.470 e. The molecule has 29 heavy (non-hydrogen) atoms. The summed E-state index contributed by atoms with van der Waals surface area (Å²) >= 11 is 0. The third-order valence-electron chi connectivity index (χ3n) is 4.72. The topological polar surface area (TPSA) is 101 Å². The van der Waals surface area contributed by atoms with Gasteiger partial charge in [-0.1, -0.05) is 0 Å². The number of H-pyrrole nitrogens is 1. The van der Waals surface area contributed by atoms with Crippen LogP contribution in [0.15, 0.2) is 42.7 Å². The first-order valence-corrected chi connectivity index (χ1v) is 9.01. The third-order valence-corrected chi connectivity index (χ3v) is 4.72. The molecule has 1 saturated heterocycles. The highest BCUT2D eigenvalue weighted by molar-refractivity contribution is 5.94. The summed E-state index contributed by atoms with van der Waals surface area (Å²) < 4.78 is 20.6. The fourth-order valence-electron chi connectivity index (χ4n) is 3.20. The van der Waals surface area contributed by atoms with Crippen molar-refractivity contribution in [2.24, 2.45) is 0 Å². The van der Waals surface area contributed by atoms with E-state index >= 15 is 0 Å². The highest BCUT2D eigenvalue weighted by Gasteiger charge is 2.34. The maximum Gasteiger partial charge on any atom is 0.272 e. The van der Waals surface area contributed by atoms with Gasteiger partial charge in [-0.05, 0) is 37.3 Å². The number of likely N-dealkylation sites (tertiary alicyclic amines) is 1. The highest BCUT2D eigenvalue weighted by Crippen LogP contribution is 2.22. The van der Waals surface area contributed by atoms with Crippen LogP contribution in [0.2, 0.25) is 0 Å². The average molecular weight is 393 g/mol. The van der Waals surface area contributed by atoms with Crippen molar-refractivity contribution in [2.45, 2.75) is 13.0 Å². The summed E-state index contributed by atoms with van der Waals surface area (Å²) in [4.78, 5) is 22.7. The number of aromatic nitrogens is 6. The van der Waals surface area contributed by atoms with E-state index in [0.717, 1.165) is 11.3 Å². The van der Waals surface area contributed by atoms with Gasteiger partial charge in [0.15, 0.2) is 0 Å². The molecule has 9 nitrogen and oxygen atoms in total. The molecule has 5 rings (SSSR count). The molecule has 1 aliphatic rings. The Kier molecular flexibility index (Phi) is 3.97. The van der Waals surface area contributed by atoms with Crippen LogP contribution < -0.4 is 4.74 Å². The lowest BCUT2D eigenvalue weighted by atomic mass is 10.1. The second-order valence-corrected chi connectivity index (χ2v) is 6.83. The van der Waals surface area contributed by atoms with Gasteiger partial charge in [-0.25, -0.2) is 9.37 Å². The molecule has 0 bridgehead atoms. The Morgan fingerprint density at radius 1 is 1.24 bits per heavy atom. The minimum atomic E-state index is -0.320. The van der Waals surface area contributed by atoms with Crippen molar-refractivity contribution < 1.29 is 13.9 Å². The molecule has 146 valence electrons. The maximum absolute atomic E-state index is 13.1. The summed E-state index contributed by atoms with van der Waals surface area (Å²) in [5.41, 5.74) is 2.47. The number of aryl methyl sites for hydroxylation is 1. The van der Waals surface area contributed by atoms with Gasteiger partial charge >= 0.3 is 0 Å². The fraction of sp³-hybridized carbons (Fsp3) is 0.211. The molecule has 0 atom stereocenters. The molecule has 4 heterocycles. The van der Waals surface area contributed by atoms with E-state index in [9.17, 15) is 9.18 Å². The zero-order chi connectivity index (χ0) is 20.0. The van der Waals surface area contributed by atoms with Crippen LogP contribution in [0.3, 0.4) is 0 Å². The summed E-state index contributed by atoms with van der Waals surface area (Å²) in [6.45, 7) is 2.75. The lowest BCUT2D eigenvalue weighted by Crippen LogP contribution is -2.56. The first-order chi connectivity index (χ1) is 14.1. The summed E-state index contributed by atoms with van der Waals surface area (Å²) in [6, 6.07) is 9.40. The number of carbonyl (C=O) groups is 1. The van der Waals surface area contributed by atoms with Gasteiger partial charge in [0.1, 0.15) is 23.9 Å². The number of rotatable bonds is 4. The molecular weight excluding hydrogens is 377 g/mol. The van der Waals surface area contributed by atoms with Crippen LogP contribution in [0.1, 0.15) is 16.2 Å². The molecule has 0 spiro atoms. The number of hydrogen-bond acceptors (Lipinski definition) is 6. The van der Waals surface area contributed by atoms with Gasteiger partial charge in [0, 0.05) is 17.3 Å². The van der Waals surface area contributed by atoms with E-state index in [1.165, 1.54) is 23.0 Å². The molecule has 1 N–H and O–H groups in total. The summed E-state index contributed by atoms with van der Waals surface area (Å²) in [5.74, 6) is 0.530. The molecule has 10 heteroatoms. The van der Waals surface area contributed by atoms with Gasteiger partial charge in [-0.3, -0.25) is 9.89 Å². The second kappa shape index (κ2) is 6.66. The molecular formula is C19H16FN7O2. The minimum absolute atomic E-state index is 0.146. The predicted molar refractivity (Wildman–Crippen MR) is 99.8 cm³/mol. The van der Waals surface area contributed by atoms with Crippen molar-refractivity contribution in [1.29, 1.82) is 0 Å². The Bertz CT molecular complexity index is 1190. The number of amides is 1. The largest absolute Gasteiger partial charge is 0.470 e. The molecule has 0 radical (unpaired) electrons. The monoisotopic (exact) mass is 393 g/mol. The zero-order valence-electron chi connectivity index (χ0n) is 15.4. The van der Waals surface area contributed by atoms with Gasteiger partial charge in [-0.15, -0.1) is 0 Å². The summed E-state index contributed by atoms with van der Waals surface area (Å²) in [6.07, 6.45) is 1.27. The van der Waals surface area contributed by atoms with Gasteiger partial charge in [-0.2, -0.15) is 19.7 Å². The molecule has 0 unspecified atom stereocenters. The second-order valence-electron chi connectivity index (χ2n) is 6.83. The number of halogens is 1.